The van der Waals surface area contributed by atoms with Crippen LogP contribution < -0.4 is 20.9 Å². The van der Waals surface area contributed by atoms with Gasteiger partial charge in [0.25, 0.3) is 5.91 Å². The van der Waals surface area contributed by atoms with Crippen molar-refractivity contribution in [3.8, 4) is 0 Å². The number of carbonyl (C=O) groups is 2. The molecular formula is C25H31Cl2F3N8O3. The minimum absolute atomic E-state index is 0.0985. The average Bonchev–Trinajstić information content (AvgIpc) is 2.92. The van der Waals surface area contributed by atoms with Crippen LogP contribution in [0.15, 0.2) is 18.2 Å². The zero-order valence-corrected chi connectivity index (χ0v) is 24.0. The Morgan fingerprint density at radius 3 is 2.49 bits per heavy atom. The van der Waals surface area contributed by atoms with Gasteiger partial charge >= 0.3 is 12.1 Å². The van der Waals surface area contributed by atoms with Crippen molar-refractivity contribution in [2.75, 3.05) is 55.8 Å². The molecule has 1 aromatic carbocycles. The molecule has 0 spiro atoms. The summed E-state index contributed by atoms with van der Waals surface area (Å²) in [6.45, 7) is 2.97. The third-order valence-electron chi connectivity index (χ3n) is 7.06. The molecule has 16 heteroatoms. The zero-order valence-electron chi connectivity index (χ0n) is 22.5. The van der Waals surface area contributed by atoms with E-state index < -0.39 is 29.7 Å². The van der Waals surface area contributed by atoms with Crippen LogP contribution in [0.5, 0.6) is 0 Å². The van der Waals surface area contributed by atoms with E-state index in [0.29, 0.717) is 48.4 Å². The lowest BCUT2D eigenvalue weighted by Crippen LogP contribution is -2.55. The molecule has 224 valence electrons. The topological polar surface area (TPSA) is 125 Å². The van der Waals surface area contributed by atoms with Crippen LogP contribution in [0.2, 0.25) is 10.0 Å². The largest absolute Gasteiger partial charge is 0.490 e. The highest BCUT2D eigenvalue weighted by Crippen LogP contribution is 2.36. The molecule has 2 fully saturated rings. The monoisotopic (exact) mass is 618 g/mol. The van der Waals surface area contributed by atoms with Gasteiger partial charge in [0.1, 0.15) is 0 Å². The van der Waals surface area contributed by atoms with Crippen LogP contribution in [0, 0.1) is 0 Å². The maximum absolute atomic E-state index is 13.4. The quantitative estimate of drug-likeness (QED) is 0.379. The van der Waals surface area contributed by atoms with Crippen molar-refractivity contribution in [2.24, 2.45) is 0 Å². The molecule has 2 aliphatic rings. The van der Waals surface area contributed by atoms with Crippen molar-refractivity contribution in [1.29, 1.82) is 0 Å². The summed E-state index contributed by atoms with van der Waals surface area (Å²) < 4.78 is 44.7. The molecule has 1 aliphatic heterocycles. The molecule has 4 rings (SSSR count). The average molecular weight is 619 g/mol. The molecule has 1 amide bonds. The van der Waals surface area contributed by atoms with E-state index in [1.165, 1.54) is 6.07 Å². The lowest BCUT2D eigenvalue weighted by atomic mass is 9.80. The number of benzene rings is 1. The molecule has 0 bridgehead atoms. The molecule has 1 aliphatic carbocycles. The van der Waals surface area contributed by atoms with Crippen LogP contribution in [-0.4, -0.2) is 89.8 Å². The van der Waals surface area contributed by atoms with Gasteiger partial charge in [-0.1, -0.05) is 29.3 Å². The maximum Gasteiger partial charge on any atom is 0.490 e. The number of piperazine rings is 1. The molecule has 2 atom stereocenters. The normalized spacial score (nSPS) is 21.7. The van der Waals surface area contributed by atoms with Crippen LogP contribution in [0.25, 0.3) is 0 Å². The van der Waals surface area contributed by atoms with Gasteiger partial charge in [-0.05, 0) is 44.0 Å². The Kier molecular flexibility index (Phi) is 9.65. The van der Waals surface area contributed by atoms with Gasteiger partial charge in [0.2, 0.25) is 17.8 Å². The molecule has 2 unspecified atom stereocenters. The lowest BCUT2D eigenvalue weighted by molar-refractivity contribution is -0.217. The fraction of sp³-hybridized carbons (Fsp3) is 0.560. The van der Waals surface area contributed by atoms with Crippen molar-refractivity contribution in [1.82, 2.24) is 25.2 Å². The Morgan fingerprint density at radius 2 is 1.83 bits per heavy atom. The van der Waals surface area contributed by atoms with Gasteiger partial charge in [-0.3, -0.25) is 4.79 Å². The summed E-state index contributed by atoms with van der Waals surface area (Å²) in [6, 6.07) is 4.05. The number of likely N-dealkylation sites (N-methyl/N-ethyl adjacent to an activating group) is 1. The number of anilines is 3. The van der Waals surface area contributed by atoms with Gasteiger partial charge in [-0.2, -0.15) is 28.1 Å². The Bertz CT molecular complexity index is 1260. The number of halogens is 5. The van der Waals surface area contributed by atoms with E-state index in [1.54, 1.807) is 19.2 Å². The summed E-state index contributed by atoms with van der Waals surface area (Å²) in [7, 11) is 3.68. The summed E-state index contributed by atoms with van der Waals surface area (Å²) in [4.78, 5) is 42.9. The Hall–Kier alpha value is -3.10. The number of nitrogens with zero attached hydrogens (tertiary/aromatic N) is 5. The molecule has 11 nitrogen and oxygen atoms in total. The number of ether oxygens (including phenoxy) is 1. The van der Waals surface area contributed by atoms with Gasteiger partial charge in [-0.25, -0.2) is 4.79 Å². The van der Waals surface area contributed by atoms with Crippen molar-refractivity contribution in [3.05, 3.63) is 33.8 Å². The minimum atomic E-state index is -5.28. The van der Waals surface area contributed by atoms with E-state index in [2.05, 4.69) is 35.8 Å². The number of hydrogen-bond acceptors (Lipinski definition) is 10. The minimum Gasteiger partial charge on any atom is -0.442 e. The first-order valence-corrected chi connectivity index (χ1v) is 13.8. The van der Waals surface area contributed by atoms with Crippen molar-refractivity contribution >= 4 is 52.9 Å². The van der Waals surface area contributed by atoms with Gasteiger partial charge in [0.15, 0.2) is 5.60 Å². The molecule has 1 aromatic heterocycles. The fourth-order valence-corrected chi connectivity index (χ4v) is 5.29. The summed E-state index contributed by atoms with van der Waals surface area (Å²) in [5, 5.41) is 9.26. The first kappa shape index (κ1) is 30.8. The number of aromatic nitrogens is 3. The molecule has 2 heterocycles. The van der Waals surface area contributed by atoms with Crippen LogP contribution >= 0.6 is 23.2 Å². The second-order valence-electron chi connectivity index (χ2n) is 10.1. The van der Waals surface area contributed by atoms with E-state index in [-0.39, 0.29) is 30.4 Å². The molecular weight excluding hydrogens is 588 g/mol. The molecule has 2 aromatic rings. The second-order valence-corrected chi connectivity index (χ2v) is 10.9. The fourth-order valence-electron chi connectivity index (χ4n) is 4.81. The molecule has 1 saturated carbocycles. The second kappa shape index (κ2) is 12.8. The van der Waals surface area contributed by atoms with Gasteiger partial charge < -0.3 is 30.5 Å². The summed E-state index contributed by atoms with van der Waals surface area (Å²) in [6.07, 6.45) is -4.84. The number of hydrogen-bond donors (Lipinski definition) is 3. The van der Waals surface area contributed by atoms with E-state index in [9.17, 15) is 22.8 Å². The van der Waals surface area contributed by atoms with Crippen LogP contribution in [0.3, 0.4) is 0 Å². The lowest BCUT2D eigenvalue weighted by Gasteiger charge is -2.39. The number of amides is 1. The Balaban J connectivity index is 1.54. The highest BCUT2D eigenvalue weighted by Gasteiger charge is 2.52. The SMILES string of the molecule is CNc1nc(NC2CCCC(OC(=O)C(F)(F)F)(C(=O)NCc3ccc(Cl)cc3Cl)C2)nc(N2CCN(C)CC2)n1. The van der Waals surface area contributed by atoms with Gasteiger partial charge in [0, 0.05) is 62.3 Å². The predicted molar refractivity (Wildman–Crippen MR) is 148 cm³/mol. The molecule has 0 radical (unpaired) electrons. The molecule has 1 saturated heterocycles. The first-order chi connectivity index (χ1) is 19.4. The third kappa shape index (κ3) is 7.80. The van der Waals surface area contributed by atoms with Crippen LogP contribution in [0.1, 0.15) is 31.2 Å². The Morgan fingerprint density at radius 1 is 1.12 bits per heavy atom. The smallest absolute Gasteiger partial charge is 0.442 e. The number of alkyl halides is 3. The number of rotatable bonds is 8. The molecule has 3 N–H and O–H groups in total. The number of nitrogens with one attached hydrogen (secondary N) is 3. The summed E-state index contributed by atoms with van der Waals surface area (Å²) in [5.74, 6) is -2.36. The molecule has 41 heavy (non-hydrogen) atoms. The van der Waals surface area contributed by atoms with Crippen LogP contribution in [-0.2, 0) is 20.9 Å². The summed E-state index contributed by atoms with van der Waals surface area (Å²) in [5.41, 5.74) is -1.59. The summed E-state index contributed by atoms with van der Waals surface area (Å²) >= 11 is 12.1. The van der Waals surface area contributed by atoms with Gasteiger partial charge in [-0.15, -0.1) is 0 Å². The van der Waals surface area contributed by atoms with Crippen molar-refractivity contribution in [2.45, 2.75) is 50.0 Å². The third-order valence-corrected chi connectivity index (χ3v) is 7.65. The Labute approximate surface area is 245 Å². The standard InChI is InChI=1S/C25H31Cl2F3N8O3/c1-31-21-34-22(36-23(35-21)38-10-8-37(2)9-11-38)33-17-4-3-7-24(13-17,41-20(40)25(28,29)30)19(39)32-14-15-5-6-16(26)12-18(15)27/h5-6,12,17H,3-4,7-11,13-14H2,1-2H3,(H,32,39)(H2,31,33,34,35,36). The van der Waals surface area contributed by atoms with Crippen LogP contribution in [0.4, 0.5) is 31.0 Å². The highest BCUT2D eigenvalue weighted by molar-refractivity contribution is 6.35. The first-order valence-electron chi connectivity index (χ1n) is 13.0. The highest BCUT2D eigenvalue weighted by atomic mass is 35.5. The van der Waals surface area contributed by atoms with Crippen molar-refractivity contribution in [3.63, 3.8) is 0 Å². The van der Waals surface area contributed by atoms with Gasteiger partial charge in [0.05, 0.1) is 0 Å². The number of carbonyl (C=O) groups excluding carboxylic acids is 2. The van der Waals surface area contributed by atoms with Crippen molar-refractivity contribution < 1.29 is 27.5 Å². The van der Waals surface area contributed by atoms with E-state index in [0.717, 1.165) is 13.1 Å². The zero-order chi connectivity index (χ0) is 29.8. The van der Waals surface area contributed by atoms with E-state index >= 15 is 0 Å². The van der Waals surface area contributed by atoms with E-state index in [4.69, 9.17) is 27.9 Å². The number of esters is 1. The van der Waals surface area contributed by atoms with E-state index in [1.807, 2.05) is 11.9 Å². The maximum atomic E-state index is 13.4. The predicted octanol–water partition coefficient (Wildman–Crippen LogP) is 3.49.